The fraction of sp³-hybridized carbons (Fsp3) is 0.348. The number of carbonyl (C=O) groups is 1. The molecule has 1 N–H and O–H groups in total. The number of nitrogens with one attached hydrogen (secondary N) is 1. The molecule has 2 aliphatic carbocycles. The Hall–Kier alpha value is -3.18. The zero-order valence-corrected chi connectivity index (χ0v) is 17.9. The van der Waals surface area contributed by atoms with Crippen molar-refractivity contribution in [1.82, 2.24) is 15.5 Å². The van der Waals surface area contributed by atoms with Crippen LogP contribution >= 0.6 is 11.8 Å². The van der Waals surface area contributed by atoms with E-state index in [4.69, 9.17) is 14.7 Å². The number of thioether (sulfide) groups is 1. The van der Waals surface area contributed by atoms with Gasteiger partial charge in [-0.2, -0.15) is 5.26 Å². The standard InChI is InChI=1S/C23H21N5O2S/c1-14-4-2-3-5-16(14)15-6-7-17-18(10-15)31-22(25-17)12-21-28-27-20(30-21)11-19(29)26-23(13-24)8-9-23/h2-7,10,17-18H,8-9,11-12H2,1H3,(H,26,29). The first-order valence-electron chi connectivity index (χ1n) is 10.3. The van der Waals surface area contributed by atoms with Crippen molar-refractivity contribution in [2.24, 2.45) is 4.99 Å². The summed E-state index contributed by atoms with van der Waals surface area (Å²) in [4.78, 5) is 16.9. The lowest BCUT2D eigenvalue weighted by Gasteiger charge is -2.18. The summed E-state index contributed by atoms with van der Waals surface area (Å²) >= 11 is 1.72. The van der Waals surface area contributed by atoms with Gasteiger partial charge in [0, 0.05) is 0 Å². The Morgan fingerprint density at radius 1 is 1.32 bits per heavy atom. The van der Waals surface area contributed by atoms with Crippen molar-refractivity contribution in [2.75, 3.05) is 0 Å². The zero-order chi connectivity index (χ0) is 21.4. The van der Waals surface area contributed by atoms with Crippen molar-refractivity contribution in [2.45, 2.75) is 49.4 Å². The molecule has 2 aromatic rings. The van der Waals surface area contributed by atoms with E-state index in [-0.39, 0.29) is 29.5 Å². The minimum absolute atomic E-state index is 0.0213. The first kappa shape index (κ1) is 19.8. The Labute approximate surface area is 184 Å². The quantitative estimate of drug-likeness (QED) is 0.753. The summed E-state index contributed by atoms with van der Waals surface area (Å²) < 4.78 is 5.65. The van der Waals surface area contributed by atoms with Crippen LogP contribution in [-0.2, 0) is 17.6 Å². The van der Waals surface area contributed by atoms with Gasteiger partial charge in [0.25, 0.3) is 0 Å². The molecule has 0 saturated heterocycles. The summed E-state index contributed by atoms with van der Waals surface area (Å²) in [6, 6.07) is 10.6. The molecule has 2 heterocycles. The summed E-state index contributed by atoms with van der Waals surface area (Å²) in [5.41, 5.74) is 3.03. The van der Waals surface area contributed by atoms with Gasteiger partial charge in [0.2, 0.25) is 17.7 Å². The number of aromatic nitrogens is 2. The smallest absolute Gasteiger partial charge is 0.230 e. The third-order valence-electron chi connectivity index (χ3n) is 5.64. The molecule has 1 saturated carbocycles. The molecule has 1 aromatic carbocycles. The predicted octanol–water partition coefficient (Wildman–Crippen LogP) is 3.17. The molecule has 7 nitrogen and oxygen atoms in total. The van der Waals surface area contributed by atoms with Gasteiger partial charge in [0.1, 0.15) is 12.0 Å². The molecule has 8 heteroatoms. The Balaban J connectivity index is 1.20. The number of carbonyl (C=O) groups excluding carboxylic acids is 1. The number of aryl methyl sites for hydroxylation is 1. The van der Waals surface area contributed by atoms with Gasteiger partial charge in [-0.1, -0.05) is 42.5 Å². The fourth-order valence-corrected chi connectivity index (χ4v) is 4.99. The van der Waals surface area contributed by atoms with E-state index in [0.717, 1.165) is 5.04 Å². The summed E-state index contributed by atoms with van der Waals surface area (Å²) in [5.74, 6) is 0.428. The van der Waals surface area contributed by atoms with E-state index < -0.39 is 5.54 Å². The number of aliphatic imine (C=N–C) groups is 1. The first-order valence-corrected chi connectivity index (χ1v) is 11.1. The molecule has 5 rings (SSSR count). The summed E-state index contributed by atoms with van der Waals surface area (Å²) in [6.45, 7) is 2.12. The van der Waals surface area contributed by atoms with E-state index in [1.807, 2.05) is 0 Å². The second kappa shape index (κ2) is 7.82. The molecule has 0 spiro atoms. The Morgan fingerprint density at radius 2 is 2.13 bits per heavy atom. The fourth-order valence-electron chi connectivity index (χ4n) is 3.78. The molecule has 31 heavy (non-hydrogen) atoms. The molecule has 1 aliphatic heterocycles. The van der Waals surface area contributed by atoms with Gasteiger partial charge in [-0.15, -0.1) is 22.0 Å². The van der Waals surface area contributed by atoms with E-state index in [1.54, 1.807) is 11.8 Å². The second-order valence-corrected chi connectivity index (χ2v) is 9.33. The van der Waals surface area contributed by atoms with Crippen molar-refractivity contribution < 1.29 is 9.21 Å². The largest absolute Gasteiger partial charge is 0.424 e. The van der Waals surface area contributed by atoms with Crippen LogP contribution in [0.5, 0.6) is 0 Å². The van der Waals surface area contributed by atoms with Crippen LogP contribution in [0, 0.1) is 18.3 Å². The molecule has 0 radical (unpaired) electrons. The molecule has 3 aliphatic rings. The maximum Gasteiger partial charge on any atom is 0.230 e. The molecule has 1 fully saturated rings. The van der Waals surface area contributed by atoms with Gasteiger partial charge in [-0.3, -0.25) is 9.79 Å². The molecule has 1 aromatic heterocycles. The minimum atomic E-state index is -0.691. The predicted molar refractivity (Wildman–Crippen MR) is 118 cm³/mol. The number of hydrogen-bond acceptors (Lipinski definition) is 7. The van der Waals surface area contributed by atoms with E-state index in [1.165, 1.54) is 16.7 Å². The first-order chi connectivity index (χ1) is 15.0. The van der Waals surface area contributed by atoms with Gasteiger partial charge < -0.3 is 9.73 Å². The summed E-state index contributed by atoms with van der Waals surface area (Å²) in [5, 5.41) is 21.1. The number of hydrogen-bond donors (Lipinski definition) is 1. The summed E-state index contributed by atoms with van der Waals surface area (Å²) in [7, 11) is 0. The van der Waals surface area contributed by atoms with Crippen molar-refractivity contribution in [3.8, 4) is 6.07 Å². The van der Waals surface area contributed by atoms with Crippen LogP contribution in [0.3, 0.4) is 0 Å². The Morgan fingerprint density at radius 3 is 2.90 bits per heavy atom. The lowest BCUT2D eigenvalue weighted by molar-refractivity contribution is -0.121. The molecule has 1 amide bonds. The van der Waals surface area contributed by atoms with Gasteiger partial charge in [-0.25, -0.2) is 0 Å². The maximum atomic E-state index is 12.1. The average Bonchev–Trinajstić information content (AvgIpc) is 3.20. The van der Waals surface area contributed by atoms with Gasteiger partial charge >= 0.3 is 0 Å². The highest BCUT2D eigenvalue weighted by Gasteiger charge is 2.44. The van der Waals surface area contributed by atoms with Crippen molar-refractivity contribution in [3.63, 3.8) is 0 Å². The van der Waals surface area contributed by atoms with Crippen LogP contribution in [0.1, 0.15) is 35.7 Å². The topological polar surface area (TPSA) is 104 Å². The normalized spacial score (nSPS) is 22.8. The number of fused-ring (bicyclic) bond motifs is 1. The van der Waals surface area contributed by atoms with Crippen molar-refractivity contribution in [3.05, 3.63) is 65.4 Å². The van der Waals surface area contributed by atoms with Crippen LogP contribution < -0.4 is 5.32 Å². The van der Waals surface area contributed by atoms with Gasteiger partial charge in [0.15, 0.2) is 0 Å². The lowest BCUT2D eigenvalue weighted by Crippen LogP contribution is -2.36. The van der Waals surface area contributed by atoms with E-state index in [2.05, 4.69) is 71.0 Å². The lowest BCUT2D eigenvalue weighted by atomic mass is 9.94. The van der Waals surface area contributed by atoms with Gasteiger partial charge in [0.05, 0.1) is 28.8 Å². The Kier molecular flexibility index (Phi) is 4.98. The molecule has 2 unspecified atom stereocenters. The second-order valence-electron chi connectivity index (χ2n) is 8.08. The number of nitrogens with zero attached hydrogens (tertiary/aromatic N) is 4. The molecule has 156 valence electrons. The van der Waals surface area contributed by atoms with E-state index in [9.17, 15) is 4.79 Å². The number of amides is 1. The van der Waals surface area contributed by atoms with Crippen molar-refractivity contribution >= 4 is 28.3 Å². The molecule has 0 bridgehead atoms. The highest BCUT2D eigenvalue weighted by Crippen LogP contribution is 2.37. The van der Waals surface area contributed by atoms with Crippen LogP contribution in [0.4, 0.5) is 0 Å². The number of benzene rings is 1. The number of rotatable bonds is 6. The van der Waals surface area contributed by atoms with E-state index in [0.29, 0.717) is 25.2 Å². The SMILES string of the molecule is Cc1ccccc1C1=CC2SC(Cc3nnc(CC(=O)NC4(C#N)CC4)o3)=NC2C=C1. The highest BCUT2D eigenvalue weighted by molar-refractivity contribution is 8.14. The zero-order valence-electron chi connectivity index (χ0n) is 17.0. The number of nitriles is 1. The maximum absolute atomic E-state index is 12.1. The minimum Gasteiger partial charge on any atom is -0.424 e. The van der Waals surface area contributed by atoms with Crippen LogP contribution in [0.2, 0.25) is 0 Å². The molecular weight excluding hydrogens is 410 g/mol. The average molecular weight is 432 g/mol. The Bertz CT molecular complexity index is 1170. The van der Waals surface area contributed by atoms with E-state index >= 15 is 0 Å². The van der Waals surface area contributed by atoms with Crippen molar-refractivity contribution in [1.29, 1.82) is 5.26 Å². The third-order valence-corrected chi connectivity index (χ3v) is 6.85. The van der Waals surface area contributed by atoms with Gasteiger partial charge in [-0.05, 0) is 36.5 Å². The third kappa shape index (κ3) is 4.19. The summed E-state index contributed by atoms with van der Waals surface area (Å²) in [6.07, 6.45) is 8.39. The van der Waals surface area contributed by atoms with Crippen LogP contribution in [0.25, 0.3) is 5.57 Å². The number of allylic oxidation sites excluding steroid dienone is 2. The highest BCUT2D eigenvalue weighted by atomic mass is 32.2. The van der Waals surface area contributed by atoms with Crippen LogP contribution in [-0.4, -0.2) is 38.0 Å². The monoisotopic (exact) mass is 431 g/mol. The van der Waals surface area contributed by atoms with Crippen LogP contribution in [0.15, 0.2) is 51.9 Å². The molecular formula is C23H21N5O2S. The molecule has 2 atom stereocenters.